The van der Waals surface area contributed by atoms with Gasteiger partial charge in [0.25, 0.3) is 0 Å². The van der Waals surface area contributed by atoms with E-state index in [-0.39, 0.29) is 31.2 Å². The average Bonchev–Trinajstić information content (AvgIpc) is 2.95. The van der Waals surface area contributed by atoms with Gasteiger partial charge in [-0.15, -0.1) is 0 Å². The summed E-state index contributed by atoms with van der Waals surface area (Å²) in [6.45, 7) is 11.5. The highest BCUT2D eigenvalue weighted by Gasteiger charge is 2.35. The van der Waals surface area contributed by atoms with Gasteiger partial charge in [0, 0.05) is 13.5 Å². The first-order valence-corrected chi connectivity index (χ1v) is 11.2. The molecule has 0 saturated heterocycles. The maximum Gasteiger partial charge on any atom is 0.231 e. The minimum atomic E-state index is -1.21. The third-order valence-corrected chi connectivity index (χ3v) is 4.72. The molecular weight excluding hydrogens is 324 g/mol. The van der Waals surface area contributed by atoms with Crippen LogP contribution in [0, 0.1) is 5.41 Å². The summed E-state index contributed by atoms with van der Waals surface area (Å²) < 4.78 is 28.4. The molecule has 5 nitrogen and oxygen atoms in total. The highest BCUT2D eigenvalue weighted by molar-refractivity contribution is 6.48. The quantitative estimate of drug-likeness (QED) is 0.529. The lowest BCUT2D eigenvalue weighted by Crippen LogP contribution is -2.45. The second-order valence-electron chi connectivity index (χ2n) is 7.47. The lowest BCUT2D eigenvalue weighted by atomic mass is 9.84. The van der Waals surface area contributed by atoms with Crippen LogP contribution >= 0.6 is 0 Å². The Morgan fingerprint density at radius 2 is 1.88 bits per heavy atom. The van der Waals surface area contributed by atoms with E-state index in [1.807, 2.05) is 12.1 Å². The molecule has 2 atom stereocenters. The average molecular weight is 355 g/mol. The predicted molar refractivity (Wildman–Crippen MR) is 96.2 cm³/mol. The molecule has 2 rings (SSSR count). The minimum absolute atomic E-state index is 0.00439. The zero-order valence-corrected chi connectivity index (χ0v) is 16.8. The fourth-order valence-corrected chi connectivity index (χ4v) is 4.02. The molecule has 0 N–H and O–H groups in total. The number of fused-ring (bicyclic) bond motifs is 1. The molecule has 136 valence electrons. The van der Waals surface area contributed by atoms with Gasteiger partial charge in [0.05, 0.1) is 12.2 Å². The summed E-state index contributed by atoms with van der Waals surface area (Å²) in [5.41, 5.74) is 1.12. The normalized spacial score (nSPS) is 16.5. The van der Waals surface area contributed by atoms with Crippen LogP contribution in [-0.2, 0) is 20.3 Å². The number of benzene rings is 1. The van der Waals surface area contributed by atoms with E-state index in [0.29, 0.717) is 0 Å². The van der Waals surface area contributed by atoms with Gasteiger partial charge < -0.3 is 23.4 Å². The zero-order valence-electron chi connectivity index (χ0n) is 15.6. The van der Waals surface area contributed by atoms with Crippen LogP contribution in [0.3, 0.4) is 0 Å². The Kier molecular flexibility index (Phi) is 6.68. The molecule has 1 aromatic carbocycles. The molecule has 0 amide bonds. The standard InChI is InChI=1S/C18H30O5Si/c1-18(2,3)17(23-24(5)6)16(20-11-19-4)10-13-7-8-14-15(9-13)22-12-21-14/h7-9,16-17,24H,10-12H2,1-6H3/t16?,17-/m0/s1. The summed E-state index contributed by atoms with van der Waals surface area (Å²) in [7, 11) is 0.435. The molecule has 24 heavy (non-hydrogen) atoms. The molecule has 1 heterocycles. The number of methoxy groups -OCH3 is 1. The van der Waals surface area contributed by atoms with Crippen LogP contribution in [0.15, 0.2) is 18.2 Å². The van der Waals surface area contributed by atoms with Crippen molar-refractivity contribution < 1.29 is 23.4 Å². The van der Waals surface area contributed by atoms with E-state index in [1.165, 1.54) is 0 Å². The summed E-state index contributed by atoms with van der Waals surface area (Å²) in [4.78, 5) is 0. The van der Waals surface area contributed by atoms with Crippen LogP contribution in [0.5, 0.6) is 11.5 Å². The van der Waals surface area contributed by atoms with E-state index in [1.54, 1.807) is 7.11 Å². The molecule has 0 spiro atoms. The molecule has 1 aromatic rings. The first kappa shape index (κ1) is 19.2. The monoisotopic (exact) mass is 354 g/mol. The van der Waals surface area contributed by atoms with Crippen molar-refractivity contribution in [1.29, 1.82) is 0 Å². The van der Waals surface area contributed by atoms with Gasteiger partial charge in [-0.1, -0.05) is 26.8 Å². The second kappa shape index (κ2) is 8.34. The van der Waals surface area contributed by atoms with E-state index >= 15 is 0 Å². The van der Waals surface area contributed by atoms with Gasteiger partial charge in [0.2, 0.25) is 6.79 Å². The first-order chi connectivity index (χ1) is 11.3. The van der Waals surface area contributed by atoms with Crippen LogP contribution in [0.1, 0.15) is 26.3 Å². The molecule has 0 radical (unpaired) electrons. The van der Waals surface area contributed by atoms with Crippen molar-refractivity contribution in [3.05, 3.63) is 23.8 Å². The summed E-state index contributed by atoms with van der Waals surface area (Å²) in [5, 5.41) is 0. The molecule has 0 fully saturated rings. The molecule has 6 heteroatoms. The number of rotatable bonds is 8. The molecule has 0 saturated carbocycles. The van der Waals surface area contributed by atoms with Gasteiger partial charge in [-0.2, -0.15) is 0 Å². The molecule has 1 unspecified atom stereocenters. The number of ether oxygens (including phenoxy) is 4. The van der Waals surface area contributed by atoms with Crippen molar-refractivity contribution in [1.82, 2.24) is 0 Å². The van der Waals surface area contributed by atoms with Crippen molar-refractivity contribution in [2.45, 2.75) is 52.5 Å². The van der Waals surface area contributed by atoms with Crippen LogP contribution in [0.2, 0.25) is 13.1 Å². The van der Waals surface area contributed by atoms with E-state index in [0.717, 1.165) is 23.5 Å². The van der Waals surface area contributed by atoms with E-state index in [2.05, 4.69) is 39.9 Å². The minimum Gasteiger partial charge on any atom is -0.454 e. The van der Waals surface area contributed by atoms with E-state index in [9.17, 15) is 0 Å². The van der Waals surface area contributed by atoms with Gasteiger partial charge in [0.15, 0.2) is 20.5 Å². The Morgan fingerprint density at radius 1 is 1.17 bits per heavy atom. The molecule has 0 aromatic heterocycles. The highest BCUT2D eigenvalue weighted by Crippen LogP contribution is 2.34. The zero-order chi connectivity index (χ0) is 17.7. The smallest absolute Gasteiger partial charge is 0.231 e. The van der Waals surface area contributed by atoms with E-state index in [4.69, 9.17) is 23.4 Å². The SMILES string of the molecule is COCOC(Cc1ccc2c(c1)OCO2)[C@H](O[SiH](C)C)C(C)(C)C. The maximum absolute atomic E-state index is 6.34. The Labute approximate surface area is 146 Å². The summed E-state index contributed by atoms with van der Waals surface area (Å²) >= 11 is 0. The Bertz CT molecular complexity index is 527. The van der Waals surface area contributed by atoms with Gasteiger partial charge >= 0.3 is 0 Å². The first-order valence-electron chi connectivity index (χ1n) is 8.45. The lowest BCUT2D eigenvalue weighted by molar-refractivity contribution is -0.128. The topological polar surface area (TPSA) is 46.2 Å². The summed E-state index contributed by atoms with van der Waals surface area (Å²) in [6.07, 6.45) is 0.660. The molecule has 0 bridgehead atoms. The van der Waals surface area contributed by atoms with Crippen molar-refractivity contribution >= 4 is 9.04 Å². The van der Waals surface area contributed by atoms with Crippen molar-refractivity contribution in [3.8, 4) is 11.5 Å². The van der Waals surface area contributed by atoms with Crippen molar-refractivity contribution in [2.75, 3.05) is 20.7 Å². The molecule has 1 aliphatic heterocycles. The van der Waals surface area contributed by atoms with Crippen molar-refractivity contribution in [2.24, 2.45) is 5.41 Å². The van der Waals surface area contributed by atoms with Gasteiger partial charge in [-0.3, -0.25) is 0 Å². The van der Waals surface area contributed by atoms with Gasteiger partial charge in [-0.05, 0) is 36.2 Å². The van der Waals surface area contributed by atoms with Crippen LogP contribution in [-0.4, -0.2) is 41.9 Å². The Morgan fingerprint density at radius 3 is 2.50 bits per heavy atom. The lowest BCUT2D eigenvalue weighted by Gasteiger charge is -2.38. The largest absolute Gasteiger partial charge is 0.454 e. The summed E-state index contributed by atoms with van der Waals surface area (Å²) in [6, 6.07) is 6.04. The van der Waals surface area contributed by atoms with E-state index < -0.39 is 9.04 Å². The number of hydrogen-bond donors (Lipinski definition) is 0. The van der Waals surface area contributed by atoms with Crippen LogP contribution < -0.4 is 9.47 Å². The second-order valence-corrected chi connectivity index (χ2v) is 9.84. The maximum atomic E-state index is 6.34. The Hall–Kier alpha value is -1.08. The number of hydrogen-bond acceptors (Lipinski definition) is 5. The fourth-order valence-electron chi connectivity index (χ4n) is 2.85. The van der Waals surface area contributed by atoms with Crippen LogP contribution in [0.25, 0.3) is 0 Å². The highest BCUT2D eigenvalue weighted by atomic mass is 28.3. The van der Waals surface area contributed by atoms with Gasteiger partial charge in [0.1, 0.15) is 6.79 Å². The van der Waals surface area contributed by atoms with Gasteiger partial charge in [-0.25, -0.2) is 0 Å². The molecule has 1 aliphatic rings. The third kappa shape index (κ3) is 5.21. The molecule has 0 aliphatic carbocycles. The Balaban J connectivity index is 2.19. The molecular formula is C18H30O5Si. The predicted octanol–water partition coefficient (Wildman–Crippen LogP) is 3.36. The third-order valence-electron chi connectivity index (χ3n) is 3.88. The summed E-state index contributed by atoms with van der Waals surface area (Å²) in [5.74, 6) is 1.59. The fraction of sp³-hybridized carbons (Fsp3) is 0.667. The van der Waals surface area contributed by atoms with Crippen LogP contribution in [0.4, 0.5) is 0 Å². The van der Waals surface area contributed by atoms with Crippen molar-refractivity contribution in [3.63, 3.8) is 0 Å².